The quantitative estimate of drug-likeness (QED) is 0.640. The van der Waals surface area contributed by atoms with Crippen LogP contribution >= 0.6 is 11.3 Å². The first-order valence-corrected chi connectivity index (χ1v) is 6.89. The summed E-state index contributed by atoms with van der Waals surface area (Å²) in [5.74, 6) is 0. The molecule has 0 saturated carbocycles. The van der Waals surface area contributed by atoms with Crippen molar-refractivity contribution in [3.8, 4) is 6.07 Å². The van der Waals surface area contributed by atoms with Gasteiger partial charge in [-0.2, -0.15) is 5.26 Å². The largest absolute Gasteiger partial charge is 0.192 e. The lowest BCUT2D eigenvalue weighted by atomic mass is 10.0. The highest BCUT2D eigenvalue weighted by atomic mass is 32.1. The van der Waals surface area contributed by atoms with Gasteiger partial charge in [-0.3, -0.25) is 0 Å². The minimum absolute atomic E-state index is 0.703. The van der Waals surface area contributed by atoms with E-state index < -0.39 is 0 Å². The van der Waals surface area contributed by atoms with Crippen LogP contribution in [0.4, 0.5) is 0 Å². The molecule has 90 valence electrons. The maximum Gasteiger partial charge on any atom is 0.0991 e. The molecule has 3 aromatic rings. The van der Waals surface area contributed by atoms with E-state index in [-0.39, 0.29) is 0 Å². The Kier molecular flexibility index (Phi) is 3.14. The first-order chi connectivity index (χ1) is 9.35. The number of thiophene rings is 1. The molecule has 1 nitrogen and oxygen atoms in total. The van der Waals surface area contributed by atoms with E-state index in [1.165, 1.54) is 10.4 Å². The van der Waals surface area contributed by atoms with Gasteiger partial charge in [0.15, 0.2) is 0 Å². The van der Waals surface area contributed by atoms with Gasteiger partial charge in [0.1, 0.15) is 0 Å². The van der Waals surface area contributed by atoms with Crippen molar-refractivity contribution < 1.29 is 0 Å². The number of benzene rings is 2. The van der Waals surface area contributed by atoms with E-state index in [4.69, 9.17) is 5.26 Å². The lowest BCUT2D eigenvalue weighted by Gasteiger charge is -2.00. The van der Waals surface area contributed by atoms with Crippen molar-refractivity contribution in [1.82, 2.24) is 0 Å². The Bertz CT molecular complexity index is 777. The lowest BCUT2D eigenvalue weighted by molar-refractivity contribution is 1.50. The average molecular weight is 261 g/mol. The molecular weight excluding hydrogens is 250 g/mol. The molecule has 1 aromatic heterocycles. The van der Waals surface area contributed by atoms with Crippen LogP contribution in [0, 0.1) is 11.3 Å². The fraction of sp³-hybridized carbons (Fsp3) is 0. The second-order valence-electron chi connectivity index (χ2n) is 4.28. The van der Waals surface area contributed by atoms with Crippen LogP contribution in [-0.4, -0.2) is 0 Å². The number of hydrogen-bond donors (Lipinski definition) is 0. The van der Waals surface area contributed by atoms with Gasteiger partial charge in [-0.15, -0.1) is 11.3 Å². The molecule has 0 spiro atoms. The van der Waals surface area contributed by atoms with Gasteiger partial charge in [-0.25, -0.2) is 0 Å². The molecule has 1 heterocycles. The van der Waals surface area contributed by atoms with Crippen LogP contribution in [0.3, 0.4) is 0 Å². The zero-order chi connectivity index (χ0) is 13.1. The van der Waals surface area contributed by atoms with E-state index in [1.807, 2.05) is 24.3 Å². The molecule has 0 bridgehead atoms. The molecule has 2 aromatic carbocycles. The Balaban J connectivity index is 1.96. The third-order valence-electron chi connectivity index (χ3n) is 2.98. The van der Waals surface area contributed by atoms with Crippen LogP contribution in [0.25, 0.3) is 22.9 Å². The van der Waals surface area contributed by atoms with Crippen molar-refractivity contribution in [3.63, 3.8) is 0 Å². The van der Waals surface area contributed by atoms with Gasteiger partial charge in [0.25, 0.3) is 0 Å². The normalized spacial score (nSPS) is 10.9. The lowest BCUT2D eigenvalue weighted by Crippen LogP contribution is -1.78. The van der Waals surface area contributed by atoms with Gasteiger partial charge in [0.2, 0.25) is 0 Å². The Morgan fingerprint density at radius 1 is 0.947 bits per heavy atom. The van der Waals surface area contributed by atoms with Crippen molar-refractivity contribution in [3.05, 3.63) is 69.9 Å². The smallest absolute Gasteiger partial charge is 0.0991 e. The van der Waals surface area contributed by atoms with Gasteiger partial charge < -0.3 is 0 Å². The highest BCUT2D eigenvalue weighted by Crippen LogP contribution is 2.20. The summed E-state index contributed by atoms with van der Waals surface area (Å²) in [6.07, 6.45) is 4.24. The summed E-state index contributed by atoms with van der Waals surface area (Å²) in [5.41, 5.74) is 1.87. The summed E-state index contributed by atoms with van der Waals surface area (Å²) in [6.45, 7) is 0. The second-order valence-corrected chi connectivity index (χ2v) is 5.26. The molecule has 0 fully saturated rings. The van der Waals surface area contributed by atoms with Gasteiger partial charge >= 0.3 is 0 Å². The molecule has 0 radical (unpaired) electrons. The van der Waals surface area contributed by atoms with E-state index in [1.54, 1.807) is 11.3 Å². The van der Waals surface area contributed by atoms with Crippen molar-refractivity contribution in [2.24, 2.45) is 0 Å². The monoisotopic (exact) mass is 261 g/mol. The predicted molar refractivity (Wildman–Crippen MR) is 81.9 cm³/mol. The SMILES string of the molecule is N#Cc1ccc2cc(C=Cc3cccs3)ccc2c1. The fourth-order valence-electron chi connectivity index (χ4n) is 2.00. The van der Waals surface area contributed by atoms with Gasteiger partial charge in [-0.05, 0) is 52.1 Å². The van der Waals surface area contributed by atoms with E-state index in [9.17, 15) is 0 Å². The Labute approximate surface area is 116 Å². The van der Waals surface area contributed by atoms with E-state index in [0.717, 1.165) is 10.8 Å². The van der Waals surface area contributed by atoms with Crippen LogP contribution in [0.5, 0.6) is 0 Å². The first kappa shape index (κ1) is 11.7. The standard InChI is InChI=1S/C17H11NS/c18-12-14-4-7-15-10-13(3-6-16(15)11-14)5-8-17-2-1-9-19-17/h1-11H. The molecule has 3 rings (SSSR count). The molecule has 0 saturated heterocycles. The fourth-order valence-corrected chi connectivity index (χ4v) is 2.62. The first-order valence-electron chi connectivity index (χ1n) is 6.01. The highest BCUT2D eigenvalue weighted by Gasteiger charge is 1.97. The summed E-state index contributed by atoms with van der Waals surface area (Å²) >= 11 is 1.73. The molecule has 0 amide bonds. The zero-order valence-corrected chi connectivity index (χ0v) is 11.0. The van der Waals surface area contributed by atoms with E-state index >= 15 is 0 Å². The Hall–Kier alpha value is -2.37. The topological polar surface area (TPSA) is 23.8 Å². The number of fused-ring (bicyclic) bond motifs is 1. The molecule has 0 N–H and O–H groups in total. The molecule has 2 heteroatoms. The maximum atomic E-state index is 8.88. The minimum atomic E-state index is 0.703. The third kappa shape index (κ3) is 2.57. The number of hydrogen-bond acceptors (Lipinski definition) is 2. The van der Waals surface area contributed by atoms with Crippen LogP contribution < -0.4 is 0 Å². The molecule has 0 aliphatic rings. The van der Waals surface area contributed by atoms with Crippen molar-refractivity contribution in [2.75, 3.05) is 0 Å². The van der Waals surface area contributed by atoms with Gasteiger partial charge in [0, 0.05) is 4.88 Å². The molecule has 0 aliphatic heterocycles. The second kappa shape index (κ2) is 5.09. The zero-order valence-electron chi connectivity index (χ0n) is 10.2. The van der Waals surface area contributed by atoms with Crippen molar-refractivity contribution >= 4 is 34.3 Å². The molecule has 0 atom stereocenters. The third-order valence-corrected chi connectivity index (χ3v) is 3.81. The Morgan fingerprint density at radius 2 is 1.79 bits per heavy atom. The van der Waals surface area contributed by atoms with E-state index in [2.05, 4.69) is 47.9 Å². The summed E-state index contributed by atoms with van der Waals surface area (Å²) < 4.78 is 0. The Morgan fingerprint density at radius 3 is 2.58 bits per heavy atom. The molecule has 0 unspecified atom stereocenters. The maximum absolute atomic E-state index is 8.88. The van der Waals surface area contributed by atoms with Gasteiger partial charge in [0.05, 0.1) is 11.6 Å². The van der Waals surface area contributed by atoms with Crippen LogP contribution in [0.1, 0.15) is 16.0 Å². The summed E-state index contributed by atoms with van der Waals surface area (Å²) in [4.78, 5) is 1.25. The highest BCUT2D eigenvalue weighted by molar-refractivity contribution is 7.10. The number of nitriles is 1. The average Bonchev–Trinajstić information content (AvgIpc) is 2.97. The van der Waals surface area contributed by atoms with Crippen LogP contribution in [0.2, 0.25) is 0 Å². The summed E-state index contributed by atoms with van der Waals surface area (Å²) in [7, 11) is 0. The molecule has 19 heavy (non-hydrogen) atoms. The van der Waals surface area contributed by atoms with Crippen LogP contribution in [-0.2, 0) is 0 Å². The summed E-state index contributed by atoms with van der Waals surface area (Å²) in [6, 6.07) is 18.4. The minimum Gasteiger partial charge on any atom is -0.192 e. The summed E-state index contributed by atoms with van der Waals surface area (Å²) in [5, 5.41) is 13.2. The predicted octanol–water partition coefficient (Wildman–Crippen LogP) is 4.94. The van der Waals surface area contributed by atoms with Crippen molar-refractivity contribution in [2.45, 2.75) is 0 Å². The number of rotatable bonds is 2. The van der Waals surface area contributed by atoms with Crippen molar-refractivity contribution in [1.29, 1.82) is 5.26 Å². The molecular formula is C17H11NS. The van der Waals surface area contributed by atoms with Gasteiger partial charge in [-0.1, -0.05) is 30.3 Å². The molecule has 0 aliphatic carbocycles. The van der Waals surface area contributed by atoms with Crippen LogP contribution in [0.15, 0.2) is 53.9 Å². The van der Waals surface area contributed by atoms with E-state index in [0.29, 0.717) is 5.56 Å². The number of nitrogens with zero attached hydrogens (tertiary/aromatic N) is 1.